The molecule has 190 valence electrons. The molecule has 0 saturated carbocycles. The number of carbonyl (C=O) groups is 1. The third-order valence-corrected chi connectivity index (χ3v) is 8.65. The fourth-order valence-electron chi connectivity index (χ4n) is 2.95. The maximum Gasteiger partial charge on any atom is 0.180 e. The van der Waals surface area contributed by atoms with Crippen molar-refractivity contribution in [3.63, 3.8) is 0 Å². The lowest BCUT2D eigenvalue weighted by Gasteiger charge is -2.07. The Morgan fingerprint density at radius 3 is 2.00 bits per heavy atom. The molecule has 0 aliphatic heterocycles. The quantitative estimate of drug-likeness (QED) is 0.447. The summed E-state index contributed by atoms with van der Waals surface area (Å²) in [6.07, 6.45) is 4.47. The second kappa shape index (κ2) is 14.9. The number of benzene rings is 1. The van der Waals surface area contributed by atoms with Gasteiger partial charge in [0.05, 0.1) is 20.7 Å². The summed E-state index contributed by atoms with van der Waals surface area (Å²) in [5.41, 5.74) is 9.99. The molecule has 0 atom stereocenters. The lowest BCUT2D eigenvalue weighted by atomic mass is 10.1. The van der Waals surface area contributed by atoms with E-state index in [1.807, 2.05) is 53.7 Å². The zero-order chi connectivity index (χ0) is 26.6. The van der Waals surface area contributed by atoms with Gasteiger partial charge in [-0.15, -0.1) is 11.3 Å². The van der Waals surface area contributed by atoms with Gasteiger partial charge in [-0.3, -0.25) is 4.79 Å². The van der Waals surface area contributed by atoms with E-state index in [-0.39, 0.29) is 11.0 Å². The maximum absolute atomic E-state index is 11.9. The van der Waals surface area contributed by atoms with E-state index in [1.54, 1.807) is 26.0 Å². The van der Waals surface area contributed by atoms with Crippen molar-refractivity contribution in [1.82, 2.24) is 0 Å². The summed E-state index contributed by atoms with van der Waals surface area (Å²) in [5.74, 6) is 0.115. The summed E-state index contributed by atoms with van der Waals surface area (Å²) in [5, 5.41) is 0.640. The van der Waals surface area contributed by atoms with Gasteiger partial charge in [-0.2, -0.15) is 0 Å². The van der Waals surface area contributed by atoms with Gasteiger partial charge in [-0.25, -0.2) is 8.42 Å². The molecule has 2 aromatic rings. The number of thiophene rings is 1. The average Bonchev–Trinajstić information content (AvgIpc) is 3.15. The number of ketones is 1. The predicted molar refractivity (Wildman–Crippen MR) is 151 cm³/mol. The van der Waals surface area contributed by atoms with Crippen molar-refractivity contribution < 1.29 is 13.2 Å². The number of nitrogen functional groups attached to an aromatic ring is 1. The van der Waals surface area contributed by atoms with Gasteiger partial charge in [0, 0.05) is 16.2 Å². The van der Waals surface area contributed by atoms with Crippen molar-refractivity contribution in [1.29, 1.82) is 0 Å². The number of anilines is 1. The summed E-state index contributed by atoms with van der Waals surface area (Å²) in [6.45, 7) is 21.3. The molecule has 2 rings (SSSR count). The van der Waals surface area contributed by atoms with Crippen LogP contribution in [-0.2, 0) is 16.3 Å². The van der Waals surface area contributed by atoms with Gasteiger partial charge in [-0.1, -0.05) is 65.0 Å². The molecule has 0 aliphatic rings. The molecule has 6 heteroatoms. The number of hydrogen-bond acceptors (Lipinski definition) is 5. The Morgan fingerprint density at radius 2 is 1.62 bits per heavy atom. The molecule has 0 bridgehead atoms. The van der Waals surface area contributed by atoms with Gasteiger partial charge in [0.25, 0.3) is 0 Å². The zero-order valence-corrected chi connectivity index (χ0v) is 24.0. The van der Waals surface area contributed by atoms with Crippen molar-refractivity contribution in [2.45, 2.75) is 91.7 Å². The Morgan fingerprint density at radius 1 is 1.09 bits per heavy atom. The van der Waals surface area contributed by atoms with Crippen LogP contribution in [0.5, 0.6) is 0 Å². The third kappa shape index (κ3) is 8.24. The topological polar surface area (TPSA) is 77.2 Å². The Bertz CT molecular complexity index is 1170. The Kier molecular flexibility index (Phi) is 14.0. The van der Waals surface area contributed by atoms with Crippen LogP contribution in [-0.4, -0.2) is 19.5 Å². The predicted octanol–water partition coefficient (Wildman–Crippen LogP) is 6.32. The molecule has 0 radical (unpaired) electrons. The Hall–Kier alpha value is -2.18. The molecular formula is C28H43NO3S2. The van der Waals surface area contributed by atoms with E-state index in [0.29, 0.717) is 21.9 Å². The molecule has 1 aromatic heterocycles. The van der Waals surface area contributed by atoms with Crippen molar-refractivity contribution in [3.8, 4) is 0 Å². The third-order valence-electron chi connectivity index (χ3n) is 5.23. The summed E-state index contributed by atoms with van der Waals surface area (Å²) >= 11 is 1.50. The smallest absolute Gasteiger partial charge is 0.180 e. The molecule has 34 heavy (non-hydrogen) atoms. The van der Waals surface area contributed by atoms with E-state index < -0.39 is 9.84 Å². The normalized spacial score (nSPS) is 12.4. The van der Waals surface area contributed by atoms with E-state index in [2.05, 4.69) is 19.6 Å². The van der Waals surface area contributed by atoms with Crippen LogP contribution in [0.3, 0.4) is 0 Å². The zero-order valence-electron chi connectivity index (χ0n) is 22.4. The molecular weight excluding hydrogens is 462 g/mol. The van der Waals surface area contributed by atoms with Crippen LogP contribution in [0, 0.1) is 0 Å². The lowest BCUT2D eigenvalue weighted by Crippen LogP contribution is -2.24. The largest absolute Gasteiger partial charge is 0.397 e. The molecule has 1 heterocycles. The Balaban J connectivity index is 0.000000613. The first-order valence-electron chi connectivity index (χ1n) is 12.0. The first-order valence-corrected chi connectivity index (χ1v) is 14.4. The molecule has 2 N–H and O–H groups in total. The van der Waals surface area contributed by atoms with Gasteiger partial charge >= 0.3 is 0 Å². The monoisotopic (exact) mass is 505 g/mol. The minimum atomic E-state index is -3.10. The average molecular weight is 506 g/mol. The van der Waals surface area contributed by atoms with Crippen LogP contribution in [0.1, 0.15) is 90.4 Å². The highest BCUT2D eigenvalue weighted by Gasteiger charge is 2.18. The number of hydrogen-bond donors (Lipinski definition) is 1. The van der Waals surface area contributed by atoms with Crippen molar-refractivity contribution in [2.75, 3.05) is 5.73 Å². The van der Waals surface area contributed by atoms with Gasteiger partial charge in [0.15, 0.2) is 15.6 Å². The van der Waals surface area contributed by atoms with E-state index in [1.165, 1.54) is 11.3 Å². The second-order valence-electron chi connectivity index (χ2n) is 7.97. The standard InChI is InChI=1S/C15H21NOS.C11H16O2S.C2H6/c1-6-8-12-13(10(5)9(3)4)14(16)15(18-12)11(17)7-2;1-4-10-5-7-11(8-6-10)14(12,13)9(2)3;1-2/h8H,3,6-7,16H2,1-2,4-5H3;5-9H,4H2,1-3H3;1-2H3/b12-8-,13-10+;;. The SMILES string of the molecule is C=C(C)/C(C)=c1/c(N)c(C(=O)CC)s/c1=C\CC.CC.CCc1ccc(S(=O)(=O)C(C)C)cc1. The fraction of sp³-hybridized carbons (Fsp3) is 0.464. The van der Waals surface area contributed by atoms with Gasteiger partial charge in [0.2, 0.25) is 0 Å². The highest BCUT2D eigenvalue weighted by atomic mass is 32.2. The molecule has 0 spiro atoms. The van der Waals surface area contributed by atoms with Crippen LogP contribution in [0.15, 0.2) is 41.3 Å². The number of nitrogens with two attached hydrogens (primary N) is 1. The maximum atomic E-state index is 11.9. The summed E-state index contributed by atoms with van der Waals surface area (Å²) < 4.78 is 24.6. The number of Topliss-reactive ketones (excluding diaryl/α,β-unsaturated/α-hetero) is 1. The molecule has 0 unspecified atom stereocenters. The molecule has 1 aromatic carbocycles. The van der Waals surface area contributed by atoms with Gasteiger partial charge < -0.3 is 5.73 Å². The van der Waals surface area contributed by atoms with E-state index >= 15 is 0 Å². The van der Waals surface area contributed by atoms with E-state index in [9.17, 15) is 13.2 Å². The molecule has 4 nitrogen and oxygen atoms in total. The molecule has 0 fully saturated rings. The minimum Gasteiger partial charge on any atom is -0.397 e. The lowest BCUT2D eigenvalue weighted by molar-refractivity contribution is 0.0992. The number of carbonyl (C=O) groups excluding carboxylic acids is 1. The van der Waals surface area contributed by atoms with Crippen LogP contribution < -0.4 is 15.5 Å². The summed E-state index contributed by atoms with van der Waals surface area (Å²) in [4.78, 5) is 13.0. The summed E-state index contributed by atoms with van der Waals surface area (Å²) in [7, 11) is -3.10. The van der Waals surface area contributed by atoms with Crippen molar-refractivity contribution in [3.05, 3.63) is 56.6 Å². The Labute approximate surface area is 211 Å². The first kappa shape index (κ1) is 31.8. The highest BCUT2D eigenvalue weighted by molar-refractivity contribution is 7.92. The van der Waals surface area contributed by atoms with Crippen LogP contribution in [0.2, 0.25) is 0 Å². The minimum absolute atomic E-state index is 0.115. The molecule has 0 amide bonds. The van der Waals surface area contributed by atoms with Crippen LogP contribution in [0.4, 0.5) is 5.69 Å². The summed E-state index contributed by atoms with van der Waals surface area (Å²) in [6, 6.07) is 7.12. The highest BCUT2D eigenvalue weighted by Crippen LogP contribution is 2.17. The number of aryl methyl sites for hydroxylation is 1. The number of rotatable bonds is 7. The van der Waals surface area contributed by atoms with E-state index in [0.717, 1.165) is 39.3 Å². The first-order chi connectivity index (χ1) is 15.9. The van der Waals surface area contributed by atoms with E-state index in [4.69, 9.17) is 5.73 Å². The van der Waals surface area contributed by atoms with Crippen LogP contribution in [0.25, 0.3) is 11.6 Å². The number of allylic oxidation sites excluding steroid dienone is 1. The van der Waals surface area contributed by atoms with Crippen LogP contribution >= 0.6 is 11.3 Å². The molecule has 0 saturated heterocycles. The molecule has 0 aliphatic carbocycles. The number of sulfone groups is 1. The second-order valence-corrected chi connectivity index (χ2v) is 11.5. The van der Waals surface area contributed by atoms with Crippen molar-refractivity contribution >= 4 is 44.3 Å². The van der Waals surface area contributed by atoms with Crippen molar-refractivity contribution in [2.24, 2.45) is 0 Å². The van der Waals surface area contributed by atoms with Gasteiger partial charge in [0.1, 0.15) is 0 Å². The fourth-order valence-corrected chi connectivity index (χ4v) is 5.31. The van der Waals surface area contributed by atoms with Gasteiger partial charge in [-0.05, 0) is 63.8 Å².